The highest BCUT2D eigenvalue weighted by atomic mass is 15.3. The van der Waals surface area contributed by atoms with Gasteiger partial charge in [-0.15, -0.1) is 0 Å². The third-order valence-corrected chi connectivity index (χ3v) is 14.2. The van der Waals surface area contributed by atoms with E-state index >= 15 is 0 Å². The molecule has 13 aromatic rings. The fourth-order valence-electron chi connectivity index (χ4n) is 10.4. The van der Waals surface area contributed by atoms with Gasteiger partial charge in [-0.1, -0.05) is 212 Å². The van der Waals surface area contributed by atoms with Crippen LogP contribution in [0.2, 0.25) is 0 Å². The summed E-state index contributed by atoms with van der Waals surface area (Å²) in [5, 5.41) is 5.97. The van der Waals surface area contributed by atoms with Gasteiger partial charge in [0.05, 0.1) is 22.6 Å². The van der Waals surface area contributed by atoms with Crippen LogP contribution in [0.3, 0.4) is 0 Å². The zero-order chi connectivity index (χ0) is 49.9. The van der Waals surface area contributed by atoms with Crippen LogP contribution in [0.1, 0.15) is 0 Å². The van der Waals surface area contributed by atoms with Gasteiger partial charge >= 0.3 is 0 Å². The minimum absolute atomic E-state index is 0.935. The summed E-state index contributed by atoms with van der Waals surface area (Å²) < 4.78 is 1.96. The first kappa shape index (κ1) is 44.9. The molecular formula is C71H48N4. The molecule has 0 saturated carbocycles. The van der Waals surface area contributed by atoms with Crippen LogP contribution in [0.4, 0.5) is 0 Å². The minimum Gasteiger partial charge on any atom is -0.256 e. The molecule has 3 heterocycles. The van der Waals surface area contributed by atoms with Gasteiger partial charge in [-0.25, -0.2) is 4.68 Å². The van der Waals surface area contributed by atoms with Crippen molar-refractivity contribution in [3.63, 3.8) is 0 Å². The van der Waals surface area contributed by atoms with Crippen LogP contribution in [0.5, 0.6) is 0 Å². The maximum absolute atomic E-state index is 4.86. The second-order valence-corrected chi connectivity index (χ2v) is 18.9. The highest BCUT2D eigenvalue weighted by molar-refractivity contribution is 5.94. The maximum Gasteiger partial charge on any atom is 0.0927 e. The van der Waals surface area contributed by atoms with E-state index in [2.05, 4.69) is 266 Å². The van der Waals surface area contributed by atoms with Gasteiger partial charge in [0.15, 0.2) is 0 Å². The van der Waals surface area contributed by atoms with Gasteiger partial charge < -0.3 is 0 Å². The van der Waals surface area contributed by atoms with Gasteiger partial charge in [0.1, 0.15) is 0 Å². The van der Waals surface area contributed by atoms with Crippen LogP contribution >= 0.6 is 0 Å². The lowest BCUT2D eigenvalue weighted by atomic mass is 9.86. The van der Waals surface area contributed by atoms with Crippen molar-refractivity contribution in [2.24, 2.45) is 0 Å². The summed E-state index contributed by atoms with van der Waals surface area (Å²) in [6, 6.07) is 97.6. The molecule has 0 radical (unpaired) electrons. The van der Waals surface area contributed by atoms with Crippen molar-refractivity contribution in [1.29, 1.82) is 0 Å². The molecule has 4 nitrogen and oxygen atoms in total. The van der Waals surface area contributed by atoms with E-state index in [9.17, 15) is 0 Å². The Kier molecular flexibility index (Phi) is 11.9. The Morgan fingerprint density at radius 3 is 1.16 bits per heavy atom. The average molecular weight is 957 g/mol. The van der Waals surface area contributed by atoms with E-state index in [-0.39, 0.29) is 0 Å². The molecule has 352 valence electrons. The molecule has 0 bridgehead atoms. The van der Waals surface area contributed by atoms with E-state index in [0.717, 1.165) is 117 Å². The molecule has 13 rings (SSSR count). The first-order chi connectivity index (χ1) is 37.1. The van der Waals surface area contributed by atoms with E-state index in [4.69, 9.17) is 10.1 Å². The molecule has 0 N–H and O–H groups in total. The van der Waals surface area contributed by atoms with Gasteiger partial charge in [-0.3, -0.25) is 9.97 Å². The van der Waals surface area contributed by atoms with Crippen LogP contribution in [0.25, 0.3) is 128 Å². The van der Waals surface area contributed by atoms with Gasteiger partial charge in [-0.2, -0.15) is 5.10 Å². The number of fused-ring (bicyclic) bond motifs is 1. The van der Waals surface area contributed by atoms with Crippen molar-refractivity contribution in [2.45, 2.75) is 0 Å². The molecule has 0 atom stereocenters. The Morgan fingerprint density at radius 2 is 0.640 bits per heavy atom. The second-order valence-electron chi connectivity index (χ2n) is 18.9. The highest BCUT2D eigenvalue weighted by Gasteiger charge is 2.17. The number of aromatic nitrogens is 4. The molecule has 0 aliphatic rings. The number of hydrogen-bond acceptors (Lipinski definition) is 3. The van der Waals surface area contributed by atoms with Crippen molar-refractivity contribution in [2.75, 3.05) is 0 Å². The third kappa shape index (κ3) is 9.14. The van der Waals surface area contributed by atoms with Gasteiger partial charge in [0.2, 0.25) is 0 Å². The standard InChI is InChI=1S/C71H48N4/c1-2-14-49(15-3-1)50-25-27-51(28-26-50)57-41-43-73-71(47-57)56-35-31-53(32-36-56)64-18-6-9-21-67(64)60-44-59(66-20-8-5-17-63(66)52-29-33-55(34-30-52)69-23-12-13-42-72-69)45-61(46-60)68-22-10-7-19-65(68)54-37-39-62(40-38-54)75-48-58-16-4-11-24-70(58)74-75/h1-48H. The van der Waals surface area contributed by atoms with Crippen LogP contribution in [0.15, 0.2) is 292 Å². The normalized spacial score (nSPS) is 11.2. The summed E-state index contributed by atoms with van der Waals surface area (Å²) in [7, 11) is 0. The van der Waals surface area contributed by atoms with Gasteiger partial charge in [0.25, 0.3) is 0 Å². The zero-order valence-corrected chi connectivity index (χ0v) is 41.0. The molecule has 3 aromatic heterocycles. The third-order valence-electron chi connectivity index (χ3n) is 14.2. The first-order valence-electron chi connectivity index (χ1n) is 25.4. The Morgan fingerprint density at radius 1 is 0.240 bits per heavy atom. The molecule has 10 aromatic carbocycles. The summed E-state index contributed by atoms with van der Waals surface area (Å²) in [6.45, 7) is 0. The number of benzene rings is 10. The molecule has 0 spiro atoms. The summed E-state index contributed by atoms with van der Waals surface area (Å²) in [6.07, 6.45) is 5.85. The Hall–Kier alpha value is -10.0. The molecule has 75 heavy (non-hydrogen) atoms. The molecule has 0 amide bonds. The molecule has 0 aliphatic carbocycles. The van der Waals surface area contributed by atoms with Crippen molar-refractivity contribution in [1.82, 2.24) is 19.7 Å². The maximum atomic E-state index is 4.86. The van der Waals surface area contributed by atoms with E-state index in [0.29, 0.717) is 0 Å². The number of rotatable bonds is 11. The van der Waals surface area contributed by atoms with Gasteiger partial charge in [0, 0.05) is 35.1 Å². The lowest BCUT2D eigenvalue weighted by Crippen LogP contribution is -1.94. The fourth-order valence-corrected chi connectivity index (χ4v) is 10.4. The quantitative estimate of drug-likeness (QED) is 0.130. The Bertz CT molecular complexity index is 4090. The van der Waals surface area contributed by atoms with E-state index in [1.165, 1.54) is 11.1 Å². The van der Waals surface area contributed by atoms with E-state index < -0.39 is 0 Å². The SMILES string of the molecule is c1ccc(-c2ccc(-c3ccnc(-c4ccc(-c5ccccc5-c5cc(-c6ccccc6-c6ccc(-c7ccccn7)cc6)cc(-c6ccccc6-c6ccc(-n7cc8ccccc8n7)cc6)c5)cc4)c3)cc2)cc1. The highest BCUT2D eigenvalue weighted by Crippen LogP contribution is 2.43. The summed E-state index contributed by atoms with van der Waals surface area (Å²) in [5.74, 6) is 0. The Labute approximate surface area is 437 Å². The van der Waals surface area contributed by atoms with Crippen LogP contribution in [-0.2, 0) is 0 Å². The number of nitrogens with zero attached hydrogens (tertiary/aromatic N) is 4. The number of hydrogen-bond donors (Lipinski definition) is 0. The van der Waals surface area contributed by atoms with Crippen molar-refractivity contribution >= 4 is 10.9 Å². The largest absolute Gasteiger partial charge is 0.256 e. The second kappa shape index (κ2) is 19.9. The topological polar surface area (TPSA) is 43.6 Å². The van der Waals surface area contributed by atoms with Crippen LogP contribution in [-0.4, -0.2) is 19.7 Å². The van der Waals surface area contributed by atoms with E-state index in [1.54, 1.807) is 0 Å². The molecule has 0 fully saturated rings. The molecule has 0 aliphatic heterocycles. The molecule has 4 heteroatoms. The van der Waals surface area contributed by atoms with Crippen LogP contribution in [0, 0.1) is 0 Å². The smallest absolute Gasteiger partial charge is 0.0927 e. The predicted molar refractivity (Wildman–Crippen MR) is 311 cm³/mol. The number of pyridine rings is 2. The van der Waals surface area contributed by atoms with Crippen molar-refractivity contribution < 1.29 is 0 Å². The molecular weight excluding hydrogens is 909 g/mol. The summed E-state index contributed by atoms with van der Waals surface area (Å²) in [4.78, 5) is 9.45. The zero-order valence-electron chi connectivity index (χ0n) is 41.0. The van der Waals surface area contributed by atoms with Crippen molar-refractivity contribution in [3.05, 3.63) is 292 Å². The predicted octanol–water partition coefficient (Wildman–Crippen LogP) is 18.5. The Balaban J connectivity index is 0.885. The molecule has 0 unspecified atom stereocenters. The molecule has 0 saturated heterocycles. The minimum atomic E-state index is 0.935. The fraction of sp³-hybridized carbons (Fsp3) is 0. The van der Waals surface area contributed by atoms with Crippen LogP contribution < -0.4 is 0 Å². The monoisotopic (exact) mass is 956 g/mol. The summed E-state index contributed by atoms with van der Waals surface area (Å²) >= 11 is 0. The average Bonchev–Trinajstić information content (AvgIpc) is 3.95. The van der Waals surface area contributed by atoms with Crippen molar-refractivity contribution in [3.8, 4) is 117 Å². The van der Waals surface area contributed by atoms with E-state index in [1.807, 2.05) is 35.3 Å². The lowest BCUT2D eigenvalue weighted by Gasteiger charge is -2.18. The van der Waals surface area contributed by atoms with Gasteiger partial charge in [-0.05, 0) is 150 Å². The first-order valence-corrected chi connectivity index (χ1v) is 25.4. The summed E-state index contributed by atoms with van der Waals surface area (Å²) in [5.41, 5.74) is 24.5. The lowest BCUT2D eigenvalue weighted by molar-refractivity contribution is 0.896.